The largest absolute Gasteiger partial charge is 0.354 e. The van der Waals surface area contributed by atoms with Gasteiger partial charge in [0.05, 0.1) is 11.3 Å². The van der Waals surface area contributed by atoms with E-state index in [-0.39, 0.29) is 30.0 Å². The summed E-state index contributed by atoms with van der Waals surface area (Å²) in [5.74, 6) is -1.57. The van der Waals surface area contributed by atoms with E-state index in [4.69, 9.17) is 5.73 Å². The molecule has 0 aliphatic carbocycles. The van der Waals surface area contributed by atoms with Crippen LogP contribution in [0, 0.1) is 17.5 Å². The third-order valence-electron chi connectivity index (χ3n) is 5.03. The number of nitrogens with two attached hydrogens (primary N) is 1. The van der Waals surface area contributed by atoms with Crippen LogP contribution in [0.3, 0.4) is 0 Å². The number of H-pyrrole nitrogens is 1. The summed E-state index contributed by atoms with van der Waals surface area (Å²) in [5.41, 5.74) is 7.78. The maximum absolute atomic E-state index is 13.9. The summed E-state index contributed by atoms with van der Waals surface area (Å²) in [5, 5.41) is 2.97. The highest BCUT2D eigenvalue weighted by molar-refractivity contribution is 5.80. The molecule has 0 amide bonds. The number of hydrogen-bond donors (Lipinski definition) is 3. The van der Waals surface area contributed by atoms with Crippen molar-refractivity contribution in [1.29, 1.82) is 0 Å². The van der Waals surface area contributed by atoms with Crippen LogP contribution in [0.4, 0.5) is 19.1 Å². The van der Waals surface area contributed by atoms with Crippen molar-refractivity contribution in [3.63, 3.8) is 0 Å². The van der Waals surface area contributed by atoms with E-state index in [1.54, 1.807) is 24.5 Å². The molecule has 0 radical (unpaired) electrons. The Hall–Kier alpha value is -3.98. The molecule has 0 fully saturated rings. The van der Waals surface area contributed by atoms with Crippen molar-refractivity contribution in [1.82, 2.24) is 15.0 Å². The van der Waals surface area contributed by atoms with E-state index in [2.05, 4.69) is 20.3 Å². The molecule has 1 atom stereocenters. The molecule has 6 nitrogen and oxygen atoms in total. The van der Waals surface area contributed by atoms with Gasteiger partial charge < -0.3 is 11.1 Å². The quantitative estimate of drug-likeness (QED) is 0.396. The number of benzene rings is 2. The van der Waals surface area contributed by atoms with Crippen molar-refractivity contribution in [3.05, 3.63) is 100 Å². The van der Waals surface area contributed by atoms with Gasteiger partial charge in [-0.1, -0.05) is 18.2 Å². The Kier molecular flexibility index (Phi) is 6.50. The summed E-state index contributed by atoms with van der Waals surface area (Å²) in [7, 11) is 0. The average Bonchev–Trinajstić information content (AvgIpc) is 2.80. The van der Waals surface area contributed by atoms with Gasteiger partial charge in [-0.15, -0.1) is 0 Å². The van der Waals surface area contributed by atoms with Crippen LogP contribution in [0.2, 0.25) is 0 Å². The van der Waals surface area contributed by atoms with Crippen molar-refractivity contribution in [2.24, 2.45) is 5.73 Å². The van der Waals surface area contributed by atoms with Crippen LogP contribution < -0.4 is 16.6 Å². The normalized spacial score (nSPS) is 11.9. The third-order valence-corrected chi connectivity index (χ3v) is 5.03. The predicted octanol–water partition coefficient (Wildman–Crippen LogP) is 3.90. The Labute approximate surface area is 187 Å². The Bertz CT molecular complexity index is 1310. The Morgan fingerprint density at radius 3 is 2.33 bits per heavy atom. The smallest absolute Gasteiger partial charge is 0.260 e. The highest BCUT2D eigenvalue weighted by Gasteiger charge is 2.16. The molecule has 9 heteroatoms. The van der Waals surface area contributed by atoms with Gasteiger partial charge in [0.1, 0.15) is 17.5 Å². The molecule has 168 valence electrons. The average molecular weight is 451 g/mol. The fourth-order valence-corrected chi connectivity index (χ4v) is 3.43. The van der Waals surface area contributed by atoms with E-state index in [9.17, 15) is 18.0 Å². The fraction of sp³-hybridized carbons (Fsp3) is 0.125. The Morgan fingerprint density at radius 2 is 1.64 bits per heavy atom. The lowest BCUT2D eigenvalue weighted by molar-refractivity contribution is 0.562. The molecule has 2 aromatic carbocycles. The second-order valence-corrected chi connectivity index (χ2v) is 7.46. The van der Waals surface area contributed by atoms with Gasteiger partial charge in [0.2, 0.25) is 5.95 Å². The summed E-state index contributed by atoms with van der Waals surface area (Å²) >= 11 is 0. The van der Waals surface area contributed by atoms with Crippen LogP contribution in [-0.4, -0.2) is 27.5 Å². The number of halogens is 3. The van der Waals surface area contributed by atoms with Gasteiger partial charge in [0.15, 0.2) is 0 Å². The van der Waals surface area contributed by atoms with Crippen LogP contribution in [0.15, 0.2) is 71.8 Å². The molecular weight excluding hydrogens is 431 g/mol. The molecule has 2 aromatic heterocycles. The third kappa shape index (κ3) is 5.27. The molecule has 0 spiro atoms. The molecule has 33 heavy (non-hydrogen) atoms. The standard InChI is InChI=1S/C24H20F3N5O/c25-17-4-1-14(2-5-17)21-22(15-7-9-29-10-8-15)31-24(32-23(21)33)30-13-19(28)11-16-3-6-18(26)12-20(16)27/h1-10,12,19H,11,13,28H2,(H2,30,31,32,33). The van der Waals surface area contributed by atoms with Crippen LogP contribution >= 0.6 is 0 Å². The van der Waals surface area contributed by atoms with E-state index < -0.39 is 29.1 Å². The molecule has 4 N–H and O–H groups in total. The minimum absolute atomic E-state index is 0.161. The lowest BCUT2D eigenvalue weighted by Crippen LogP contribution is -2.32. The van der Waals surface area contributed by atoms with Crippen molar-refractivity contribution >= 4 is 5.95 Å². The zero-order valence-electron chi connectivity index (χ0n) is 17.4. The first-order valence-electron chi connectivity index (χ1n) is 10.1. The number of aromatic amines is 1. The van der Waals surface area contributed by atoms with E-state index in [1.807, 2.05) is 0 Å². The SMILES string of the molecule is NC(CNc1nc(-c2ccncc2)c(-c2ccc(F)cc2)c(=O)[nH]1)Cc1ccc(F)cc1F. The van der Waals surface area contributed by atoms with E-state index in [0.717, 1.165) is 6.07 Å². The van der Waals surface area contributed by atoms with Gasteiger partial charge in [0, 0.05) is 36.6 Å². The molecule has 2 heterocycles. The lowest BCUT2D eigenvalue weighted by Gasteiger charge is -2.15. The first kappa shape index (κ1) is 22.2. The van der Waals surface area contributed by atoms with Crippen molar-refractivity contribution < 1.29 is 13.2 Å². The van der Waals surface area contributed by atoms with E-state index in [1.165, 1.54) is 36.4 Å². The highest BCUT2D eigenvalue weighted by atomic mass is 19.1. The van der Waals surface area contributed by atoms with Gasteiger partial charge in [-0.2, -0.15) is 0 Å². The monoisotopic (exact) mass is 451 g/mol. The molecule has 0 bridgehead atoms. The minimum atomic E-state index is -0.666. The zero-order valence-corrected chi connectivity index (χ0v) is 17.4. The van der Waals surface area contributed by atoms with Crippen molar-refractivity contribution in [3.8, 4) is 22.4 Å². The van der Waals surface area contributed by atoms with Crippen LogP contribution in [0.25, 0.3) is 22.4 Å². The number of nitrogens with one attached hydrogen (secondary N) is 2. The molecule has 4 rings (SSSR count). The molecule has 0 aliphatic rings. The maximum atomic E-state index is 13.9. The first-order chi connectivity index (χ1) is 15.9. The molecule has 1 unspecified atom stereocenters. The number of nitrogens with zero attached hydrogens (tertiary/aromatic N) is 2. The lowest BCUT2D eigenvalue weighted by atomic mass is 10.0. The summed E-state index contributed by atoms with van der Waals surface area (Å²) in [4.78, 5) is 24.2. The number of hydrogen-bond acceptors (Lipinski definition) is 5. The molecule has 4 aromatic rings. The fourth-order valence-electron chi connectivity index (χ4n) is 3.43. The van der Waals surface area contributed by atoms with Crippen molar-refractivity contribution in [2.45, 2.75) is 12.5 Å². The molecular formula is C24H20F3N5O. The Balaban J connectivity index is 1.61. The zero-order chi connectivity index (χ0) is 23.4. The van der Waals surface area contributed by atoms with Gasteiger partial charge in [0.25, 0.3) is 5.56 Å². The topological polar surface area (TPSA) is 96.7 Å². The molecule has 0 aliphatic heterocycles. The number of pyridine rings is 1. The summed E-state index contributed by atoms with van der Waals surface area (Å²) in [6.45, 7) is 0.172. The van der Waals surface area contributed by atoms with Crippen LogP contribution in [0.5, 0.6) is 0 Å². The minimum Gasteiger partial charge on any atom is -0.354 e. The number of rotatable bonds is 7. The molecule has 0 saturated carbocycles. The van der Waals surface area contributed by atoms with Gasteiger partial charge in [-0.25, -0.2) is 18.2 Å². The van der Waals surface area contributed by atoms with Gasteiger partial charge in [-0.05, 0) is 47.9 Å². The van der Waals surface area contributed by atoms with Gasteiger partial charge in [-0.3, -0.25) is 14.8 Å². The number of aromatic nitrogens is 3. The first-order valence-corrected chi connectivity index (χ1v) is 10.1. The summed E-state index contributed by atoms with van der Waals surface area (Å²) < 4.78 is 40.4. The Morgan fingerprint density at radius 1 is 0.939 bits per heavy atom. The second kappa shape index (κ2) is 9.66. The van der Waals surface area contributed by atoms with E-state index >= 15 is 0 Å². The van der Waals surface area contributed by atoms with Gasteiger partial charge >= 0.3 is 0 Å². The van der Waals surface area contributed by atoms with E-state index in [0.29, 0.717) is 16.8 Å². The van der Waals surface area contributed by atoms with Crippen LogP contribution in [0.1, 0.15) is 5.56 Å². The number of anilines is 1. The predicted molar refractivity (Wildman–Crippen MR) is 120 cm³/mol. The van der Waals surface area contributed by atoms with Crippen LogP contribution in [-0.2, 0) is 6.42 Å². The maximum Gasteiger partial charge on any atom is 0.260 e. The van der Waals surface area contributed by atoms with Crippen molar-refractivity contribution in [2.75, 3.05) is 11.9 Å². The second-order valence-electron chi connectivity index (χ2n) is 7.46. The molecule has 0 saturated heterocycles. The summed E-state index contributed by atoms with van der Waals surface area (Å²) in [6.07, 6.45) is 3.31. The highest BCUT2D eigenvalue weighted by Crippen LogP contribution is 2.28. The summed E-state index contributed by atoms with van der Waals surface area (Å²) in [6, 6.07) is 11.8.